The molecule has 0 aliphatic carbocycles. The molecule has 5 heteroatoms. The highest BCUT2D eigenvalue weighted by Crippen LogP contribution is 2.11. The van der Waals surface area contributed by atoms with Crippen LogP contribution in [0.5, 0.6) is 0 Å². The van der Waals surface area contributed by atoms with Crippen molar-refractivity contribution in [3.8, 4) is 0 Å². The van der Waals surface area contributed by atoms with Crippen LogP contribution in [-0.4, -0.2) is 32.3 Å². The summed E-state index contributed by atoms with van der Waals surface area (Å²) in [4.78, 5) is 4.73. The first-order chi connectivity index (χ1) is 11.3. The Kier molecular flexibility index (Phi) is 10.7. The lowest BCUT2D eigenvalue weighted by Crippen LogP contribution is -2.38. The monoisotopic (exact) mass is 443 g/mol. The first-order valence-corrected chi connectivity index (χ1v) is 8.68. The van der Waals surface area contributed by atoms with Crippen molar-refractivity contribution in [2.24, 2.45) is 4.99 Å². The standard InChI is InChI=1S/C19H29N3O.HI/c1-3-17-7-5-6-8-18(17)15-22-19(20-4-2)21-12-9-16-10-13-23-14-11-16;/h5-8,10H,3-4,9,11-15H2,1-2H3,(H2,20,21,22);1H. The zero-order valence-corrected chi connectivity index (χ0v) is 17.1. The van der Waals surface area contributed by atoms with Gasteiger partial charge in [-0.1, -0.05) is 42.8 Å². The summed E-state index contributed by atoms with van der Waals surface area (Å²) in [5.41, 5.74) is 4.16. The van der Waals surface area contributed by atoms with Crippen molar-refractivity contribution in [2.75, 3.05) is 26.3 Å². The Balaban J connectivity index is 0.00000288. The van der Waals surface area contributed by atoms with Crippen molar-refractivity contribution in [1.82, 2.24) is 10.6 Å². The summed E-state index contributed by atoms with van der Waals surface area (Å²) in [6, 6.07) is 8.53. The van der Waals surface area contributed by atoms with Crippen LogP contribution < -0.4 is 10.6 Å². The van der Waals surface area contributed by atoms with E-state index in [-0.39, 0.29) is 24.0 Å². The van der Waals surface area contributed by atoms with Gasteiger partial charge < -0.3 is 15.4 Å². The average molecular weight is 443 g/mol. The lowest BCUT2D eigenvalue weighted by atomic mass is 10.1. The highest BCUT2D eigenvalue weighted by molar-refractivity contribution is 14.0. The quantitative estimate of drug-likeness (QED) is 0.293. The van der Waals surface area contributed by atoms with Gasteiger partial charge >= 0.3 is 0 Å². The van der Waals surface area contributed by atoms with Crippen molar-refractivity contribution in [1.29, 1.82) is 0 Å². The van der Waals surface area contributed by atoms with Crippen molar-refractivity contribution in [3.05, 3.63) is 47.0 Å². The fourth-order valence-corrected chi connectivity index (χ4v) is 2.70. The molecule has 0 spiro atoms. The molecule has 1 aromatic carbocycles. The minimum absolute atomic E-state index is 0. The van der Waals surface area contributed by atoms with E-state index >= 15 is 0 Å². The molecule has 1 aliphatic rings. The third-order valence-electron chi connectivity index (χ3n) is 4.05. The number of hydrogen-bond donors (Lipinski definition) is 2. The normalized spacial score (nSPS) is 14.6. The van der Waals surface area contributed by atoms with Gasteiger partial charge in [-0.3, -0.25) is 0 Å². The van der Waals surface area contributed by atoms with Crippen LogP contribution in [0.1, 0.15) is 37.8 Å². The number of hydrogen-bond acceptors (Lipinski definition) is 2. The highest BCUT2D eigenvalue weighted by Gasteiger charge is 2.04. The second-order valence-electron chi connectivity index (χ2n) is 5.68. The van der Waals surface area contributed by atoms with Crippen LogP contribution in [0.4, 0.5) is 0 Å². The van der Waals surface area contributed by atoms with Gasteiger partial charge in [0.2, 0.25) is 0 Å². The smallest absolute Gasteiger partial charge is 0.191 e. The van der Waals surface area contributed by atoms with E-state index < -0.39 is 0 Å². The number of nitrogens with zero attached hydrogens (tertiary/aromatic N) is 1. The van der Waals surface area contributed by atoms with Crippen molar-refractivity contribution >= 4 is 29.9 Å². The largest absolute Gasteiger partial charge is 0.377 e. The van der Waals surface area contributed by atoms with E-state index in [1.54, 1.807) is 0 Å². The molecule has 0 saturated heterocycles. The lowest BCUT2D eigenvalue weighted by Gasteiger charge is -2.15. The Bertz CT molecular complexity index is 543. The van der Waals surface area contributed by atoms with Crippen molar-refractivity contribution in [3.63, 3.8) is 0 Å². The van der Waals surface area contributed by atoms with Crippen LogP contribution in [-0.2, 0) is 17.7 Å². The van der Waals surface area contributed by atoms with E-state index in [2.05, 4.69) is 54.8 Å². The number of guanidine groups is 1. The van der Waals surface area contributed by atoms with Crippen LogP contribution in [0.25, 0.3) is 0 Å². The molecule has 0 radical (unpaired) electrons. The average Bonchev–Trinajstić information content (AvgIpc) is 2.61. The number of halogens is 1. The maximum Gasteiger partial charge on any atom is 0.191 e. The fourth-order valence-electron chi connectivity index (χ4n) is 2.70. The molecule has 1 aliphatic heterocycles. The number of rotatable bonds is 7. The molecule has 0 fully saturated rings. The van der Waals surface area contributed by atoms with E-state index in [1.807, 2.05) is 0 Å². The number of aliphatic imine (C=N–C) groups is 1. The number of benzene rings is 1. The Morgan fingerprint density at radius 3 is 2.62 bits per heavy atom. The molecule has 1 aromatic rings. The second kappa shape index (κ2) is 12.3. The first kappa shape index (κ1) is 21.0. The Morgan fingerprint density at radius 2 is 1.96 bits per heavy atom. The van der Waals surface area contributed by atoms with Crippen molar-refractivity contribution < 1.29 is 4.74 Å². The molecule has 0 saturated carbocycles. The lowest BCUT2D eigenvalue weighted by molar-refractivity contribution is 0.153. The van der Waals surface area contributed by atoms with Gasteiger partial charge in [-0.05, 0) is 37.3 Å². The van der Waals surface area contributed by atoms with E-state index in [4.69, 9.17) is 9.73 Å². The van der Waals surface area contributed by atoms with Gasteiger partial charge in [0.25, 0.3) is 0 Å². The molecule has 2 N–H and O–H groups in total. The Hall–Kier alpha value is -1.08. The van der Waals surface area contributed by atoms with E-state index in [0.29, 0.717) is 0 Å². The molecule has 24 heavy (non-hydrogen) atoms. The minimum Gasteiger partial charge on any atom is -0.377 e. The predicted molar refractivity (Wildman–Crippen MR) is 112 cm³/mol. The highest BCUT2D eigenvalue weighted by atomic mass is 127. The molecule has 0 aromatic heterocycles. The SMILES string of the molecule is CCNC(=NCc1ccccc1CC)NCCC1=CCOCC1.I. The molecule has 0 unspecified atom stereocenters. The van der Waals surface area contributed by atoms with Gasteiger partial charge in [0.15, 0.2) is 5.96 Å². The zero-order valence-electron chi connectivity index (χ0n) is 14.8. The van der Waals surface area contributed by atoms with Crippen LogP contribution >= 0.6 is 24.0 Å². The third kappa shape index (κ3) is 7.21. The van der Waals surface area contributed by atoms with E-state index in [1.165, 1.54) is 16.7 Å². The molecule has 0 bridgehead atoms. The predicted octanol–water partition coefficient (Wildman–Crippen LogP) is 3.66. The Labute approximate surface area is 163 Å². The number of aryl methyl sites for hydroxylation is 1. The molecule has 2 rings (SSSR count). The van der Waals surface area contributed by atoms with Crippen LogP contribution in [0, 0.1) is 0 Å². The molecular weight excluding hydrogens is 413 g/mol. The summed E-state index contributed by atoms with van der Waals surface area (Å²) >= 11 is 0. The van der Waals surface area contributed by atoms with Crippen LogP contribution in [0.15, 0.2) is 40.9 Å². The van der Waals surface area contributed by atoms with Gasteiger partial charge in [0.1, 0.15) is 0 Å². The fraction of sp³-hybridized carbons (Fsp3) is 0.526. The molecule has 4 nitrogen and oxygen atoms in total. The maximum atomic E-state index is 5.34. The number of ether oxygens (including phenoxy) is 1. The van der Waals surface area contributed by atoms with Crippen molar-refractivity contribution in [2.45, 2.75) is 39.7 Å². The Morgan fingerprint density at radius 1 is 1.17 bits per heavy atom. The van der Waals surface area contributed by atoms with Crippen LogP contribution in [0.2, 0.25) is 0 Å². The minimum atomic E-state index is 0. The molecule has 0 amide bonds. The van der Waals surface area contributed by atoms with E-state index in [9.17, 15) is 0 Å². The first-order valence-electron chi connectivity index (χ1n) is 8.68. The molecule has 1 heterocycles. The molecule has 134 valence electrons. The number of nitrogens with one attached hydrogen (secondary N) is 2. The second-order valence-corrected chi connectivity index (χ2v) is 5.68. The summed E-state index contributed by atoms with van der Waals surface area (Å²) in [6.45, 7) is 8.40. The van der Waals surface area contributed by atoms with Gasteiger partial charge in [-0.25, -0.2) is 4.99 Å². The maximum absolute atomic E-state index is 5.34. The van der Waals surface area contributed by atoms with Gasteiger partial charge in [0.05, 0.1) is 19.8 Å². The summed E-state index contributed by atoms with van der Waals surface area (Å²) in [6.07, 6.45) is 5.36. The summed E-state index contributed by atoms with van der Waals surface area (Å²) < 4.78 is 5.34. The van der Waals surface area contributed by atoms with Gasteiger partial charge in [-0.2, -0.15) is 0 Å². The summed E-state index contributed by atoms with van der Waals surface area (Å²) in [5, 5.41) is 6.76. The van der Waals surface area contributed by atoms with Gasteiger partial charge in [0, 0.05) is 13.1 Å². The summed E-state index contributed by atoms with van der Waals surface area (Å²) in [7, 11) is 0. The zero-order chi connectivity index (χ0) is 16.3. The van der Waals surface area contributed by atoms with Gasteiger partial charge in [-0.15, -0.1) is 24.0 Å². The third-order valence-corrected chi connectivity index (χ3v) is 4.05. The summed E-state index contributed by atoms with van der Waals surface area (Å²) in [5.74, 6) is 0.895. The molecule has 0 atom stereocenters. The van der Waals surface area contributed by atoms with Crippen LogP contribution in [0.3, 0.4) is 0 Å². The topological polar surface area (TPSA) is 45.7 Å². The van der Waals surface area contributed by atoms with E-state index in [0.717, 1.165) is 58.1 Å². The molecular formula is C19H30IN3O.